The monoisotopic (exact) mass is 266 g/mol. The van der Waals surface area contributed by atoms with Gasteiger partial charge in [0, 0.05) is 18.0 Å². The molecule has 0 spiro atoms. The Morgan fingerprint density at radius 1 is 1.22 bits per heavy atom. The van der Waals surface area contributed by atoms with E-state index in [2.05, 4.69) is 0 Å². The fourth-order valence-corrected chi connectivity index (χ4v) is 2.58. The molecule has 3 amide bonds. The zero-order valence-electron chi connectivity index (χ0n) is 9.41. The molecule has 2 aliphatic rings. The first kappa shape index (κ1) is 11.5. The Morgan fingerprint density at radius 3 is 2.50 bits per heavy atom. The summed E-state index contributed by atoms with van der Waals surface area (Å²) in [6.07, 6.45) is -0.287. The van der Waals surface area contributed by atoms with E-state index in [0.717, 1.165) is 4.90 Å². The summed E-state index contributed by atoms with van der Waals surface area (Å²) in [6.45, 7) is 0.222. The number of carbonyl (C=O) groups excluding carboxylic acids is 2. The number of urea groups is 1. The minimum absolute atomic E-state index is 0.222. The van der Waals surface area contributed by atoms with Crippen LogP contribution >= 0.6 is 11.6 Å². The molecule has 0 saturated carbocycles. The van der Waals surface area contributed by atoms with Gasteiger partial charge in [-0.1, -0.05) is 11.6 Å². The van der Waals surface area contributed by atoms with E-state index in [4.69, 9.17) is 11.6 Å². The molecule has 5 nitrogen and oxygen atoms in total. The van der Waals surface area contributed by atoms with Crippen LogP contribution in [0.3, 0.4) is 0 Å². The van der Waals surface area contributed by atoms with Crippen molar-refractivity contribution in [2.75, 3.05) is 11.4 Å². The van der Waals surface area contributed by atoms with Crippen LogP contribution in [0.5, 0.6) is 0 Å². The van der Waals surface area contributed by atoms with Gasteiger partial charge in [-0.3, -0.25) is 4.79 Å². The number of nitrogens with zero attached hydrogens (tertiary/aromatic N) is 2. The number of anilines is 1. The molecule has 1 aromatic rings. The Kier molecular flexibility index (Phi) is 2.53. The number of rotatable bonds is 1. The van der Waals surface area contributed by atoms with E-state index in [-0.39, 0.29) is 18.5 Å². The maximum Gasteiger partial charge on any atom is 0.332 e. The van der Waals surface area contributed by atoms with Gasteiger partial charge in [-0.2, -0.15) is 0 Å². The number of hydrogen-bond acceptors (Lipinski definition) is 3. The summed E-state index contributed by atoms with van der Waals surface area (Å²) in [5.74, 6) is -0.279. The number of aliphatic hydroxyl groups is 1. The molecule has 1 N–H and O–H groups in total. The topological polar surface area (TPSA) is 60.9 Å². The molecule has 1 aromatic carbocycles. The number of carbonyl (C=O) groups is 2. The third-order valence-electron chi connectivity index (χ3n) is 3.31. The summed E-state index contributed by atoms with van der Waals surface area (Å²) in [6, 6.07) is 5.64. The molecular formula is C12H11ClN2O3. The number of amides is 3. The van der Waals surface area contributed by atoms with Crippen molar-refractivity contribution < 1.29 is 14.7 Å². The molecule has 0 aromatic heterocycles. The van der Waals surface area contributed by atoms with Gasteiger partial charge in [0.25, 0.3) is 5.91 Å². The van der Waals surface area contributed by atoms with E-state index in [1.54, 1.807) is 24.3 Å². The molecule has 94 valence electrons. The van der Waals surface area contributed by atoms with Gasteiger partial charge in [0.05, 0.1) is 11.8 Å². The average molecular weight is 267 g/mol. The lowest BCUT2D eigenvalue weighted by atomic mass is 10.2. The zero-order valence-corrected chi connectivity index (χ0v) is 10.2. The first-order valence-electron chi connectivity index (χ1n) is 5.66. The van der Waals surface area contributed by atoms with Crippen LogP contribution in [0.1, 0.15) is 6.42 Å². The Balaban J connectivity index is 1.93. The van der Waals surface area contributed by atoms with Crippen molar-refractivity contribution in [3.63, 3.8) is 0 Å². The lowest BCUT2D eigenvalue weighted by Gasteiger charge is -2.16. The van der Waals surface area contributed by atoms with Crippen LogP contribution in [0, 0.1) is 0 Å². The third-order valence-corrected chi connectivity index (χ3v) is 3.56. The maximum atomic E-state index is 12.1. The minimum atomic E-state index is -0.602. The number of hydrogen-bond donors (Lipinski definition) is 1. The van der Waals surface area contributed by atoms with Crippen molar-refractivity contribution in [3.05, 3.63) is 29.3 Å². The smallest absolute Gasteiger partial charge is 0.332 e. The van der Waals surface area contributed by atoms with Crippen molar-refractivity contribution >= 4 is 29.2 Å². The molecule has 2 heterocycles. The van der Waals surface area contributed by atoms with Gasteiger partial charge in [0.1, 0.15) is 6.04 Å². The first-order chi connectivity index (χ1) is 8.58. The average Bonchev–Trinajstić information content (AvgIpc) is 2.82. The number of fused-ring (bicyclic) bond motifs is 1. The molecule has 0 aliphatic carbocycles. The van der Waals surface area contributed by atoms with Crippen molar-refractivity contribution in [3.8, 4) is 0 Å². The fraction of sp³-hybridized carbons (Fsp3) is 0.333. The molecule has 3 rings (SSSR count). The van der Waals surface area contributed by atoms with E-state index in [9.17, 15) is 14.7 Å². The van der Waals surface area contributed by atoms with E-state index in [0.29, 0.717) is 17.1 Å². The predicted octanol–water partition coefficient (Wildman–Crippen LogP) is 1.24. The molecule has 2 aliphatic heterocycles. The Labute approximate surface area is 109 Å². The minimum Gasteiger partial charge on any atom is -0.391 e. The highest BCUT2D eigenvalue weighted by atomic mass is 35.5. The highest BCUT2D eigenvalue weighted by molar-refractivity contribution is 6.30. The summed E-state index contributed by atoms with van der Waals surface area (Å²) in [7, 11) is 0. The first-order valence-corrected chi connectivity index (χ1v) is 6.04. The SMILES string of the molecule is O=C1C2CC(O)CN2C(=O)N1c1ccc(Cl)cc1. The lowest BCUT2D eigenvalue weighted by molar-refractivity contribution is -0.119. The summed E-state index contributed by atoms with van der Waals surface area (Å²) in [5.41, 5.74) is 0.512. The van der Waals surface area contributed by atoms with E-state index < -0.39 is 12.1 Å². The lowest BCUT2D eigenvalue weighted by Crippen LogP contribution is -2.34. The predicted molar refractivity (Wildman–Crippen MR) is 65.5 cm³/mol. The fourth-order valence-electron chi connectivity index (χ4n) is 2.46. The second kappa shape index (κ2) is 3.96. The van der Waals surface area contributed by atoms with Gasteiger partial charge in [-0.25, -0.2) is 9.69 Å². The number of halogens is 1. The van der Waals surface area contributed by atoms with Crippen molar-refractivity contribution in [1.29, 1.82) is 0 Å². The Hall–Kier alpha value is -1.59. The number of imide groups is 1. The zero-order chi connectivity index (χ0) is 12.9. The van der Waals surface area contributed by atoms with Crippen molar-refractivity contribution in [1.82, 2.24) is 4.90 Å². The van der Waals surface area contributed by atoms with Crippen LogP contribution in [0.4, 0.5) is 10.5 Å². The molecule has 0 radical (unpaired) electrons. The summed E-state index contributed by atoms with van der Waals surface area (Å²) < 4.78 is 0. The van der Waals surface area contributed by atoms with Crippen molar-refractivity contribution in [2.24, 2.45) is 0 Å². The molecule has 2 atom stereocenters. The van der Waals surface area contributed by atoms with E-state index in [1.165, 1.54) is 4.90 Å². The third kappa shape index (κ3) is 1.59. The van der Waals surface area contributed by atoms with Gasteiger partial charge in [0.2, 0.25) is 0 Å². The largest absolute Gasteiger partial charge is 0.391 e. The molecule has 6 heteroatoms. The van der Waals surface area contributed by atoms with Crippen LogP contribution in [-0.2, 0) is 4.79 Å². The van der Waals surface area contributed by atoms with Gasteiger partial charge >= 0.3 is 6.03 Å². The second-order valence-electron chi connectivity index (χ2n) is 4.49. The second-order valence-corrected chi connectivity index (χ2v) is 4.93. The highest BCUT2D eigenvalue weighted by Gasteiger charge is 2.50. The standard InChI is InChI=1S/C12H11ClN2O3/c13-7-1-3-8(4-2-7)15-11(17)10-5-9(16)6-14(10)12(15)18/h1-4,9-10,16H,5-6H2. The van der Waals surface area contributed by atoms with Gasteiger partial charge < -0.3 is 10.0 Å². The number of benzene rings is 1. The quantitative estimate of drug-likeness (QED) is 0.778. The van der Waals surface area contributed by atoms with E-state index >= 15 is 0 Å². The van der Waals surface area contributed by atoms with Gasteiger partial charge in [-0.05, 0) is 24.3 Å². The Morgan fingerprint density at radius 2 is 1.89 bits per heavy atom. The molecule has 2 unspecified atom stereocenters. The molecular weight excluding hydrogens is 256 g/mol. The van der Waals surface area contributed by atoms with Crippen LogP contribution in [-0.4, -0.2) is 40.6 Å². The molecule has 2 fully saturated rings. The Bertz CT molecular complexity index is 493. The molecule has 2 saturated heterocycles. The highest BCUT2D eigenvalue weighted by Crippen LogP contribution is 2.31. The number of aliphatic hydroxyl groups excluding tert-OH is 1. The van der Waals surface area contributed by atoms with E-state index in [1.807, 2.05) is 0 Å². The summed E-state index contributed by atoms with van der Waals surface area (Å²) >= 11 is 5.77. The van der Waals surface area contributed by atoms with Gasteiger partial charge in [-0.15, -0.1) is 0 Å². The maximum absolute atomic E-state index is 12.1. The summed E-state index contributed by atoms with van der Waals surface area (Å²) in [4.78, 5) is 26.8. The van der Waals surface area contributed by atoms with Crippen LogP contribution in [0.2, 0.25) is 5.02 Å². The molecule has 18 heavy (non-hydrogen) atoms. The normalized spacial score (nSPS) is 27.0. The van der Waals surface area contributed by atoms with Crippen molar-refractivity contribution in [2.45, 2.75) is 18.6 Å². The summed E-state index contributed by atoms with van der Waals surface area (Å²) in [5, 5.41) is 10.0. The van der Waals surface area contributed by atoms with Crippen LogP contribution in [0.25, 0.3) is 0 Å². The van der Waals surface area contributed by atoms with Crippen LogP contribution < -0.4 is 4.90 Å². The molecule has 0 bridgehead atoms. The van der Waals surface area contributed by atoms with Gasteiger partial charge in [0.15, 0.2) is 0 Å². The van der Waals surface area contributed by atoms with Crippen LogP contribution in [0.15, 0.2) is 24.3 Å².